The lowest BCUT2D eigenvalue weighted by molar-refractivity contribution is -0.127. The van der Waals surface area contributed by atoms with Gasteiger partial charge in [0.1, 0.15) is 10.6 Å². The maximum atomic E-state index is 12.8. The molecule has 0 bridgehead atoms. The molecule has 0 atom stereocenters. The van der Waals surface area contributed by atoms with Crippen molar-refractivity contribution in [2.24, 2.45) is 0 Å². The quantitative estimate of drug-likeness (QED) is 0.677. The lowest BCUT2D eigenvalue weighted by atomic mass is 10.2. The molecule has 1 amide bonds. The summed E-state index contributed by atoms with van der Waals surface area (Å²) in [7, 11) is -3.71. The Morgan fingerprint density at radius 3 is 2.29 bits per heavy atom. The Labute approximate surface area is 173 Å². The molecule has 1 saturated heterocycles. The van der Waals surface area contributed by atoms with E-state index >= 15 is 0 Å². The molecule has 28 heavy (non-hydrogen) atoms. The largest absolute Gasteiger partial charge is 0.360 e. The van der Waals surface area contributed by atoms with Gasteiger partial charge in [0.05, 0.1) is 0 Å². The zero-order valence-corrected chi connectivity index (χ0v) is 17.7. The summed E-state index contributed by atoms with van der Waals surface area (Å²) >= 11 is 12.2. The van der Waals surface area contributed by atoms with Gasteiger partial charge in [0.2, 0.25) is 15.9 Å². The summed E-state index contributed by atoms with van der Waals surface area (Å²) in [5.41, 5.74) is 0.898. The molecule has 10 heteroatoms. The van der Waals surface area contributed by atoms with E-state index in [4.69, 9.17) is 27.7 Å². The Hall–Kier alpha value is -1.87. The Bertz CT molecular complexity index is 986. The number of carbonyl (C=O) groups excluding carboxylic acids is 1. The molecule has 1 fully saturated rings. The van der Waals surface area contributed by atoms with Gasteiger partial charge in [0, 0.05) is 47.9 Å². The fraction of sp³-hybridized carbons (Fsp3) is 0.333. The second-order valence-electron chi connectivity index (χ2n) is 6.35. The van der Waals surface area contributed by atoms with Crippen molar-refractivity contribution >= 4 is 45.2 Å². The molecule has 0 N–H and O–H groups in total. The first-order chi connectivity index (χ1) is 13.2. The molecule has 1 aromatic heterocycles. The van der Waals surface area contributed by atoms with Crippen LogP contribution in [0, 0.1) is 13.8 Å². The van der Waals surface area contributed by atoms with Crippen LogP contribution in [0.25, 0.3) is 6.08 Å². The summed E-state index contributed by atoms with van der Waals surface area (Å²) in [5, 5.41) is 4.61. The molecule has 0 spiro atoms. The highest BCUT2D eigenvalue weighted by atomic mass is 35.5. The smallest absolute Gasteiger partial charge is 0.248 e. The van der Waals surface area contributed by atoms with Gasteiger partial charge in [-0.3, -0.25) is 4.79 Å². The van der Waals surface area contributed by atoms with Gasteiger partial charge in [-0.2, -0.15) is 4.31 Å². The molecule has 0 aliphatic carbocycles. The van der Waals surface area contributed by atoms with Crippen LogP contribution in [0.5, 0.6) is 0 Å². The molecule has 0 saturated carbocycles. The molecule has 0 unspecified atom stereocenters. The van der Waals surface area contributed by atoms with Crippen LogP contribution in [-0.2, 0) is 14.8 Å². The molecule has 1 aliphatic heterocycles. The summed E-state index contributed by atoms with van der Waals surface area (Å²) in [4.78, 5) is 14.1. The predicted molar refractivity (Wildman–Crippen MR) is 107 cm³/mol. The van der Waals surface area contributed by atoms with Gasteiger partial charge in [-0.05, 0) is 32.1 Å². The van der Waals surface area contributed by atoms with E-state index in [9.17, 15) is 13.2 Å². The van der Waals surface area contributed by atoms with Crippen LogP contribution < -0.4 is 0 Å². The zero-order chi connectivity index (χ0) is 20.5. The molecule has 1 aromatic carbocycles. The Morgan fingerprint density at radius 1 is 1.14 bits per heavy atom. The topological polar surface area (TPSA) is 83.7 Å². The summed E-state index contributed by atoms with van der Waals surface area (Å²) in [6.45, 7) is 4.10. The lowest BCUT2D eigenvalue weighted by Gasteiger charge is -2.33. The monoisotopic (exact) mass is 443 g/mol. The van der Waals surface area contributed by atoms with E-state index < -0.39 is 10.0 Å². The molecule has 7 nitrogen and oxygen atoms in total. The third-order valence-electron chi connectivity index (χ3n) is 4.51. The van der Waals surface area contributed by atoms with Crippen LogP contribution in [0.4, 0.5) is 0 Å². The van der Waals surface area contributed by atoms with Gasteiger partial charge in [-0.25, -0.2) is 8.42 Å². The zero-order valence-electron chi connectivity index (χ0n) is 15.4. The van der Waals surface area contributed by atoms with Crippen LogP contribution in [0.3, 0.4) is 0 Å². The maximum absolute atomic E-state index is 12.8. The Balaban J connectivity index is 1.67. The molecule has 2 heterocycles. The molecule has 0 radical (unpaired) electrons. The number of sulfonamides is 1. The average molecular weight is 444 g/mol. The number of aryl methyl sites for hydroxylation is 2. The fourth-order valence-corrected chi connectivity index (χ4v) is 5.29. The number of rotatable bonds is 4. The highest BCUT2D eigenvalue weighted by Crippen LogP contribution is 2.26. The summed E-state index contributed by atoms with van der Waals surface area (Å²) in [6, 6.07) is 5.11. The summed E-state index contributed by atoms with van der Waals surface area (Å²) in [6.07, 6.45) is 2.96. The number of halogens is 2. The van der Waals surface area contributed by atoms with Crippen molar-refractivity contribution < 1.29 is 17.7 Å². The van der Waals surface area contributed by atoms with Crippen molar-refractivity contribution in [2.75, 3.05) is 26.2 Å². The molecular weight excluding hydrogens is 425 g/mol. The summed E-state index contributed by atoms with van der Waals surface area (Å²) in [5.74, 6) is 0.0286. The number of carbonyl (C=O) groups is 1. The second-order valence-corrected chi connectivity index (χ2v) is 9.04. The molecule has 3 rings (SSSR count). The van der Waals surface area contributed by atoms with Crippen molar-refractivity contribution in [3.63, 3.8) is 0 Å². The number of hydrogen-bond acceptors (Lipinski definition) is 5. The molecule has 1 aliphatic rings. The van der Waals surface area contributed by atoms with Gasteiger partial charge in [0.15, 0.2) is 5.76 Å². The van der Waals surface area contributed by atoms with Gasteiger partial charge in [0.25, 0.3) is 0 Å². The first kappa shape index (κ1) is 20.9. The van der Waals surface area contributed by atoms with Gasteiger partial charge >= 0.3 is 0 Å². The molecular formula is C18H19Cl2N3O4S. The van der Waals surface area contributed by atoms with Gasteiger partial charge in [-0.1, -0.05) is 34.4 Å². The van der Waals surface area contributed by atoms with Crippen molar-refractivity contribution in [3.8, 4) is 0 Å². The van der Waals surface area contributed by atoms with E-state index in [1.54, 1.807) is 43.0 Å². The standard InChI is InChI=1S/C18H19Cl2N3O4S/c1-12-18(13(2)27-21-12)28(25,26)23-10-8-22(9-11-23)17(24)7-6-14-15(19)4-3-5-16(14)20/h3-7H,8-11H2,1-2H3/b7-6+. The number of piperazine rings is 1. The second kappa shape index (κ2) is 8.24. The van der Waals surface area contributed by atoms with E-state index in [1.807, 2.05) is 0 Å². The highest BCUT2D eigenvalue weighted by Gasteiger charge is 2.33. The Kier molecular flexibility index (Phi) is 6.14. The first-order valence-corrected chi connectivity index (χ1v) is 10.8. The van der Waals surface area contributed by atoms with Crippen LogP contribution in [0.1, 0.15) is 17.0 Å². The van der Waals surface area contributed by atoms with Crippen molar-refractivity contribution in [1.82, 2.24) is 14.4 Å². The predicted octanol–water partition coefficient (Wildman–Crippen LogP) is 3.14. The van der Waals surface area contributed by atoms with Gasteiger partial charge < -0.3 is 9.42 Å². The van der Waals surface area contributed by atoms with Crippen molar-refractivity contribution in [3.05, 3.63) is 51.3 Å². The van der Waals surface area contributed by atoms with E-state index in [1.165, 1.54) is 10.4 Å². The third-order valence-corrected chi connectivity index (χ3v) is 7.31. The van der Waals surface area contributed by atoms with Crippen molar-refractivity contribution in [1.29, 1.82) is 0 Å². The minimum Gasteiger partial charge on any atom is -0.360 e. The highest BCUT2D eigenvalue weighted by molar-refractivity contribution is 7.89. The van der Waals surface area contributed by atoms with Crippen LogP contribution >= 0.6 is 23.2 Å². The molecule has 2 aromatic rings. The maximum Gasteiger partial charge on any atom is 0.248 e. The SMILES string of the molecule is Cc1noc(C)c1S(=O)(=O)N1CCN(C(=O)/C=C/c2c(Cl)cccc2Cl)CC1. The van der Waals surface area contributed by atoms with E-state index in [-0.39, 0.29) is 42.7 Å². The van der Waals surface area contributed by atoms with E-state index in [0.29, 0.717) is 21.3 Å². The Morgan fingerprint density at radius 2 is 1.75 bits per heavy atom. The van der Waals surface area contributed by atoms with Crippen LogP contribution in [-0.4, -0.2) is 54.9 Å². The number of benzene rings is 1. The minimum absolute atomic E-state index is 0.0977. The van der Waals surface area contributed by atoms with Crippen molar-refractivity contribution in [2.45, 2.75) is 18.7 Å². The normalized spacial score (nSPS) is 16.1. The first-order valence-electron chi connectivity index (χ1n) is 8.56. The average Bonchev–Trinajstić information content (AvgIpc) is 3.00. The minimum atomic E-state index is -3.71. The third kappa shape index (κ3) is 4.10. The number of aromatic nitrogens is 1. The number of hydrogen-bond donors (Lipinski definition) is 0. The van der Waals surface area contributed by atoms with Crippen LogP contribution in [0.2, 0.25) is 10.0 Å². The van der Waals surface area contributed by atoms with Gasteiger partial charge in [-0.15, -0.1) is 0 Å². The number of nitrogens with zero attached hydrogens (tertiary/aromatic N) is 3. The lowest BCUT2D eigenvalue weighted by Crippen LogP contribution is -2.50. The van der Waals surface area contributed by atoms with E-state index in [0.717, 1.165) is 0 Å². The number of amides is 1. The fourth-order valence-electron chi connectivity index (χ4n) is 3.05. The molecule has 150 valence electrons. The van der Waals surface area contributed by atoms with E-state index in [2.05, 4.69) is 5.16 Å². The summed E-state index contributed by atoms with van der Waals surface area (Å²) < 4.78 is 32.0. The van der Waals surface area contributed by atoms with Crippen LogP contribution in [0.15, 0.2) is 33.7 Å².